The lowest BCUT2D eigenvalue weighted by Crippen LogP contribution is -2.16. The van der Waals surface area contributed by atoms with E-state index >= 15 is 0 Å². The summed E-state index contributed by atoms with van der Waals surface area (Å²) in [5.74, 6) is 1.71. The van der Waals surface area contributed by atoms with Gasteiger partial charge in [0.05, 0.1) is 32.1 Å². The number of carboxylic acid groups (broad SMARTS) is 2. The Kier molecular flexibility index (Phi) is 16.5. The molecule has 8 rings (SSSR count). The van der Waals surface area contributed by atoms with E-state index in [-0.39, 0.29) is 39.3 Å². The maximum Gasteiger partial charge on any atom is 0.303 e. The summed E-state index contributed by atoms with van der Waals surface area (Å²) in [6.07, 6.45) is 1.12. The number of hydrogen-bond acceptors (Lipinski definition) is 10. The van der Waals surface area contributed by atoms with Gasteiger partial charge in [0.25, 0.3) is 0 Å². The molecular weight excluding hydrogens is 932 g/mol. The molecule has 0 fully saturated rings. The first-order valence-electron chi connectivity index (χ1n) is 23.0. The summed E-state index contributed by atoms with van der Waals surface area (Å²) in [7, 11) is 0. The van der Waals surface area contributed by atoms with E-state index in [0.717, 1.165) is 66.6 Å². The molecule has 0 aliphatic rings. The topological polar surface area (TPSA) is 193 Å². The number of ether oxygens (including phenoxy) is 4. The van der Waals surface area contributed by atoms with Crippen molar-refractivity contribution in [2.75, 3.05) is 13.1 Å². The van der Waals surface area contributed by atoms with E-state index < -0.39 is 11.9 Å². The number of imidazole rings is 2. The van der Waals surface area contributed by atoms with Crippen LogP contribution in [-0.4, -0.2) is 55.2 Å². The molecule has 14 nitrogen and oxygen atoms in total. The van der Waals surface area contributed by atoms with E-state index in [1.54, 1.807) is 12.1 Å². The zero-order valence-electron chi connectivity index (χ0n) is 38.9. The highest BCUT2D eigenvalue weighted by Crippen LogP contribution is 2.37. The SMILES string of the molecule is Cc1c(COc2cc(OCc3nc4ccccc4[nH]3)c(CNCCCC(=O)O)cc2Cl)cccc1-c1cccc(COc2cc(OCc3nc4ccccc4[nH]3)c(CNCCCC(=O)O)cc2Cl)c1C. The Hall–Kier alpha value is -7.10. The number of aliphatic carboxylic acids is 2. The number of benzene rings is 6. The van der Waals surface area contributed by atoms with Gasteiger partial charge in [-0.25, -0.2) is 9.97 Å². The smallest absolute Gasteiger partial charge is 0.303 e. The van der Waals surface area contributed by atoms with E-state index in [4.69, 9.17) is 52.4 Å². The van der Waals surface area contributed by atoms with Gasteiger partial charge in [-0.15, -0.1) is 0 Å². The summed E-state index contributed by atoms with van der Waals surface area (Å²) in [6, 6.07) is 35.1. The lowest BCUT2D eigenvalue weighted by Gasteiger charge is -2.19. The Morgan fingerprint density at radius 1 is 0.529 bits per heavy atom. The molecule has 0 unspecified atom stereocenters. The van der Waals surface area contributed by atoms with Crippen molar-refractivity contribution in [1.82, 2.24) is 30.6 Å². The third kappa shape index (κ3) is 12.8. The second-order valence-corrected chi connectivity index (χ2v) is 17.7. The summed E-state index contributed by atoms with van der Waals surface area (Å²) >= 11 is 13.7. The van der Waals surface area contributed by atoms with Crippen LogP contribution in [0.25, 0.3) is 33.2 Å². The molecule has 16 heteroatoms. The normalized spacial score (nSPS) is 11.3. The van der Waals surface area contributed by atoms with Gasteiger partial charge in [0.1, 0.15) is 61.1 Å². The van der Waals surface area contributed by atoms with E-state index in [2.05, 4.69) is 56.5 Å². The van der Waals surface area contributed by atoms with Gasteiger partial charge in [0.2, 0.25) is 0 Å². The number of carboxylic acids is 2. The maximum absolute atomic E-state index is 11.0. The summed E-state index contributed by atoms with van der Waals surface area (Å²) in [4.78, 5) is 38.0. The molecule has 362 valence electrons. The second kappa shape index (κ2) is 23.5. The molecule has 0 spiro atoms. The van der Waals surface area contributed by atoms with Crippen molar-refractivity contribution in [2.24, 2.45) is 0 Å². The monoisotopic (exact) mass is 984 g/mol. The number of nitrogens with zero attached hydrogens (tertiary/aromatic N) is 2. The summed E-state index contributed by atoms with van der Waals surface area (Å²) in [6.45, 7) is 6.85. The number of fused-ring (bicyclic) bond motifs is 2. The minimum Gasteiger partial charge on any atom is -0.487 e. The molecule has 70 heavy (non-hydrogen) atoms. The standard InChI is InChI=1S/C54H54Cl2N6O8/c1-33-35(29-67-49-25-47(37(23-41(49)55)27-57-21-9-19-53(63)64)69-31-51-59-43-15-3-4-16-44(43)60-51)11-7-13-39(33)40-14-8-12-36(34(40)2)30-68-50-26-48(38(24-42(50)56)28-58-22-10-20-54(65)66)70-32-52-61-45-17-5-6-18-46(45)62-52/h3-8,11-18,23-26,57-58H,9-10,19-22,27-32H2,1-2H3,(H,59,60)(H,61,62)(H,63,64)(H,65,66). The summed E-state index contributed by atoms with van der Waals surface area (Å²) < 4.78 is 25.5. The molecule has 0 saturated heterocycles. The zero-order chi connectivity index (χ0) is 49.0. The number of rotatable bonds is 25. The third-order valence-corrected chi connectivity index (χ3v) is 12.5. The Labute approximate surface area is 415 Å². The number of halogens is 2. The molecular formula is C54H54Cl2N6O8. The van der Waals surface area contributed by atoms with Crippen LogP contribution in [0.4, 0.5) is 0 Å². The fourth-order valence-electron chi connectivity index (χ4n) is 8.11. The quantitative estimate of drug-likeness (QED) is 0.0297. The van der Waals surface area contributed by atoms with Crippen molar-refractivity contribution in [3.63, 3.8) is 0 Å². The fraction of sp³-hybridized carbons (Fsp3) is 0.259. The van der Waals surface area contributed by atoms with Gasteiger partial charge >= 0.3 is 11.9 Å². The van der Waals surface area contributed by atoms with Crippen molar-refractivity contribution in [1.29, 1.82) is 0 Å². The highest BCUT2D eigenvalue weighted by molar-refractivity contribution is 6.32. The molecule has 0 aliphatic heterocycles. The molecule has 0 bridgehead atoms. The van der Waals surface area contributed by atoms with Gasteiger partial charge in [-0.1, -0.05) is 83.9 Å². The first kappa shape index (κ1) is 49.3. The Bertz CT molecular complexity index is 2840. The van der Waals surface area contributed by atoms with E-state index in [1.807, 2.05) is 84.9 Å². The van der Waals surface area contributed by atoms with Crippen molar-refractivity contribution < 1.29 is 38.7 Å². The van der Waals surface area contributed by atoms with Crippen LogP contribution in [0.2, 0.25) is 10.0 Å². The molecule has 2 heterocycles. The number of para-hydroxylation sites is 4. The second-order valence-electron chi connectivity index (χ2n) is 16.9. The molecule has 0 amide bonds. The van der Waals surface area contributed by atoms with Crippen molar-refractivity contribution in [2.45, 2.75) is 79.0 Å². The van der Waals surface area contributed by atoms with Crippen LogP contribution < -0.4 is 29.6 Å². The molecule has 0 atom stereocenters. The van der Waals surface area contributed by atoms with Gasteiger partial charge in [0.15, 0.2) is 0 Å². The third-order valence-electron chi connectivity index (χ3n) is 11.9. The molecule has 8 aromatic rings. The lowest BCUT2D eigenvalue weighted by molar-refractivity contribution is -0.138. The van der Waals surface area contributed by atoms with Crippen LogP contribution >= 0.6 is 23.2 Å². The van der Waals surface area contributed by atoms with Crippen LogP contribution in [0, 0.1) is 13.8 Å². The van der Waals surface area contributed by atoms with Crippen LogP contribution in [-0.2, 0) is 49.1 Å². The average Bonchev–Trinajstić information content (AvgIpc) is 3.97. The minimum absolute atomic E-state index is 0.0745. The van der Waals surface area contributed by atoms with E-state index in [1.165, 1.54) is 0 Å². The Morgan fingerprint density at radius 3 is 1.36 bits per heavy atom. The van der Waals surface area contributed by atoms with Gasteiger partial charge in [-0.2, -0.15) is 0 Å². The number of carbonyl (C=O) groups is 2. The molecule has 0 saturated carbocycles. The maximum atomic E-state index is 11.0. The summed E-state index contributed by atoms with van der Waals surface area (Å²) in [5, 5.41) is 25.6. The largest absolute Gasteiger partial charge is 0.487 e. The fourth-order valence-corrected chi connectivity index (χ4v) is 8.59. The number of aromatic nitrogens is 4. The van der Waals surface area contributed by atoms with E-state index in [0.29, 0.717) is 83.7 Å². The van der Waals surface area contributed by atoms with Crippen LogP contribution in [0.1, 0.15) is 70.7 Å². The molecule has 2 aromatic heterocycles. The Morgan fingerprint density at radius 2 is 0.943 bits per heavy atom. The van der Waals surface area contributed by atoms with Crippen LogP contribution in [0.5, 0.6) is 23.0 Å². The van der Waals surface area contributed by atoms with Gasteiger partial charge in [-0.05, 0) is 110 Å². The molecule has 0 aliphatic carbocycles. The zero-order valence-corrected chi connectivity index (χ0v) is 40.4. The van der Waals surface area contributed by atoms with Crippen molar-refractivity contribution >= 4 is 57.2 Å². The molecule has 0 radical (unpaired) electrons. The highest BCUT2D eigenvalue weighted by Gasteiger charge is 2.18. The van der Waals surface area contributed by atoms with Crippen molar-refractivity contribution in [3.05, 3.63) is 164 Å². The van der Waals surface area contributed by atoms with Gasteiger partial charge in [-0.3, -0.25) is 9.59 Å². The predicted molar refractivity (Wildman–Crippen MR) is 271 cm³/mol. The number of hydrogen-bond donors (Lipinski definition) is 6. The average molecular weight is 986 g/mol. The first-order valence-corrected chi connectivity index (χ1v) is 23.8. The van der Waals surface area contributed by atoms with Gasteiger partial charge in [0, 0.05) is 49.2 Å². The van der Waals surface area contributed by atoms with E-state index in [9.17, 15) is 9.59 Å². The number of nitrogens with one attached hydrogen (secondary N) is 4. The van der Waals surface area contributed by atoms with Gasteiger partial charge < -0.3 is 49.8 Å². The first-order chi connectivity index (χ1) is 34.0. The number of aromatic amines is 2. The number of H-pyrrole nitrogens is 2. The van der Waals surface area contributed by atoms with Crippen molar-refractivity contribution in [3.8, 4) is 34.1 Å². The lowest BCUT2D eigenvalue weighted by atomic mass is 9.92. The highest BCUT2D eigenvalue weighted by atomic mass is 35.5. The molecule has 6 N–H and O–H groups in total. The molecule has 6 aromatic carbocycles. The minimum atomic E-state index is -0.836. The predicted octanol–water partition coefficient (Wildman–Crippen LogP) is 11.3. The Balaban J connectivity index is 0.964. The van der Waals surface area contributed by atoms with Crippen LogP contribution in [0.15, 0.2) is 109 Å². The van der Waals surface area contributed by atoms with Crippen LogP contribution in [0.3, 0.4) is 0 Å². The summed E-state index contributed by atoms with van der Waals surface area (Å²) in [5.41, 5.74) is 11.2.